The van der Waals surface area contributed by atoms with Gasteiger partial charge in [-0.05, 0) is 43.7 Å². The number of carbonyl (C=O) groups is 1. The molecule has 0 bridgehead atoms. The van der Waals surface area contributed by atoms with Crippen molar-refractivity contribution in [3.05, 3.63) is 52.7 Å². The van der Waals surface area contributed by atoms with Crippen LogP contribution in [0.2, 0.25) is 0 Å². The monoisotopic (exact) mass is 471 g/mol. The number of anilines is 1. The maximum absolute atomic E-state index is 13.7. The van der Waals surface area contributed by atoms with E-state index in [1.807, 2.05) is 19.9 Å². The highest BCUT2D eigenvalue weighted by Crippen LogP contribution is 2.38. The molecule has 3 atom stereocenters. The molecule has 34 heavy (non-hydrogen) atoms. The highest BCUT2D eigenvalue weighted by molar-refractivity contribution is 5.99. The molecule has 178 valence electrons. The van der Waals surface area contributed by atoms with Gasteiger partial charge in [0.15, 0.2) is 0 Å². The fourth-order valence-corrected chi connectivity index (χ4v) is 4.60. The van der Waals surface area contributed by atoms with Crippen LogP contribution in [0, 0.1) is 0 Å². The van der Waals surface area contributed by atoms with Crippen LogP contribution in [0.15, 0.2) is 30.3 Å². The number of fused-ring (bicyclic) bond motifs is 3. The van der Waals surface area contributed by atoms with Gasteiger partial charge in [-0.2, -0.15) is 8.78 Å². The lowest BCUT2D eigenvalue weighted by Crippen LogP contribution is -2.49. The molecule has 2 aromatic heterocycles. The van der Waals surface area contributed by atoms with Gasteiger partial charge in [0.25, 0.3) is 5.91 Å². The number of hydrogen-bond donors (Lipinski definition) is 1. The molecule has 5 rings (SSSR count). The number of ether oxygens (including phenoxy) is 3. The van der Waals surface area contributed by atoms with Gasteiger partial charge in [-0.25, -0.2) is 4.98 Å². The summed E-state index contributed by atoms with van der Waals surface area (Å²) in [6, 6.07) is 7.32. The highest BCUT2D eigenvalue weighted by atomic mass is 19.3. The molecular weight excluding hydrogens is 448 g/mol. The Hall–Kier alpha value is -3.44. The van der Waals surface area contributed by atoms with Crippen molar-refractivity contribution in [3.63, 3.8) is 0 Å². The number of rotatable bonds is 4. The number of nitrogens with two attached hydrogens (primary N) is 1. The van der Waals surface area contributed by atoms with E-state index in [2.05, 4.69) is 19.9 Å². The standard InChI is InChI=1S/C23H23F2N5O4/c1-11-8-32-10-18(17-5-6-19(29-28-17)34-23(24)25)30(11)22(31)13-3-4-16-14(7-13)15-9-33-12(2)20(15)21(26)27-16/h3-7,11-12,18,23H,8-10H2,1-2H3,(H2,26,27)/t11-,12-,18-/m1/s1. The third-order valence-electron chi connectivity index (χ3n) is 6.19. The highest BCUT2D eigenvalue weighted by Gasteiger charge is 2.36. The Morgan fingerprint density at radius 2 is 2.03 bits per heavy atom. The molecule has 1 fully saturated rings. The summed E-state index contributed by atoms with van der Waals surface area (Å²) in [4.78, 5) is 19.9. The van der Waals surface area contributed by atoms with Crippen LogP contribution in [0.25, 0.3) is 10.9 Å². The van der Waals surface area contributed by atoms with Gasteiger partial charge >= 0.3 is 6.61 Å². The quantitative estimate of drug-likeness (QED) is 0.616. The van der Waals surface area contributed by atoms with Gasteiger partial charge < -0.3 is 24.8 Å². The lowest BCUT2D eigenvalue weighted by molar-refractivity contribution is -0.0538. The van der Waals surface area contributed by atoms with Crippen LogP contribution in [0.4, 0.5) is 14.6 Å². The van der Waals surface area contributed by atoms with Crippen molar-refractivity contribution in [1.29, 1.82) is 0 Å². The Morgan fingerprint density at radius 1 is 1.21 bits per heavy atom. The molecule has 11 heteroatoms. The summed E-state index contributed by atoms with van der Waals surface area (Å²) in [7, 11) is 0. The van der Waals surface area contributed by atoms with E-state index >= 15 is 0 Å². The Kier molecular flexibility index (Phi) is 5.74. The summed E-state index contributed by atoms with van der Waals surface area (Å²) in [5.74, 6) is -0.0748. The minimum Gasteiger partial charge on any atom is -0.415 e. The van der Waals surface area contributed by atoms with Crippen molar-refractivity contribution >= 4 is 22.6 Å². The summed E-state index contributed by atoms with van der Waals surface area (Å²) in [5.41, 5.74) is 9.52. The molecule has 1 aromatic carbocycles. The molecule has 9 nitrogen and oxygen atoms in total. The van der Waals surface area contributed by atoms with E-state index < -0.39 is 12.7 Å². The number of benzene rings is 1. The molecule has 0 saturated carbocycles. The third-order valence-corrected chi connectivity index (χ3v) is 6.19. The van der Waals surface area contributed by atoms with Gasteiger partial charge in [-0.3, -0.25) is 4.79 Å². The van der Waals surface area contributed by atoms with Gasteiger partial charge in [-0.15, -0.1) is 10.2 Å². The predicted molar refractivity (Wildman–Crippen MR) is 117 cm³/mol. The van der Waals surface area contributed by atoms with Crippen LogP contribution in [0.1, 0.15) is 53.2 Å². The molecule has 2 aliphatic heterocycles. The SMILES string of the molecule is C[C@@H]1COC[C@H](c2ccc(OC(F)F)nn2)N1C(=O)c1ccc2nc(N)c3c(c2c1)CO[C@@H]3C. The fraction of sp³-hybridized carbons (Fsp3) is 0.391. The van der Waals surface area contributed by atoms with Crippen LogP contribution >= 0.6 is 0 Å². The zero-order valence-electron chi connectivity index (χ0n) is 18.6. The molecule has 2 N–H and O–H groups in total. The molecule has 2 aliphatic rings. The van der Waals surface area contributed by atoms with Crippen molar-refractivity contribution in [2.45, 2.75) is 45.3 Å². The lowest BCUT2D eigenvalue weighted by atomic mass is 9.99. The van der Waals surface area contributed by atoms with Gasteiger partial charge in [0.1, 0.15) is 5.82 Å². The number of alkyl halides is 2. The van der Waals surface area contributed by atoms with Crippen molar-refractivity contribution in [3.8, 4) is 5.88 Å². The first-order valence-corrected chi connectivity index (χ1v) is 10.9. The predicted octanol–water partition coefficient (Wildman–Crippen LogP) is 3.40. The van der Waals surface area contributed by atoms with Crippen LogP contribution < -0.4 is 10.5 Å². The number of pyridine rings is 1. The first-order valence-electron chi connectivity index (χ1n) is 10.9. The Bertz CT molecular complexity index is 1240. The average molecular weight is 471 g/mol. The van der Waals surface area contributed by atoms with E-state index in [1.54, 1.807) is 17.0 Å². The van der Waals surface area contributed by atoms with E-state index in [4.69, 9.17) is 15.2 Å². The maximum atomic E-state index is 13.7. The summed E-state index contributed by atoms with van der Waals surface area (Å²) < 4.78 is 40.6. The molecule has 3 aromatic rings. The Labute approximate surface area is 193 Å². The van der Waals surface area contributed by atoms with Crippen molar-refractivity contribution < 1.29 is 27.8 Å². The van der Waals surface area contributed by atoms with Crippen molar-refractivity contribution in [2.24, 2.45) is 0 Å². The molecule has 1 amide bonds. The second-order valence-electron chi connectivity index (χ2n) is 8.36. The van der Waals surface area contributed by atoms with Gasteiger partial charge in [-0.1, -0.05) is 0 Å². The minimum atomic E-state index is -3.00. The first kappa shape index (κ1) is 22.4. The first-order chi connectivity index (χ1) is 16.3. The summed E-state index contributed by atoms with van der Waals surface area (Å²) in [6.07, 6.45) is -0.162. The number of nitrogen functional groups attached to an aromatic ring is 1. The van der Waals surface area contributed by atoms with Crippen LogP contribution in [-0.2, 0) is 16.1 Å². The zero-order valence-corrected chi connectivity index (χ0v) is 18.6. The molecule has 0 unspecified atom stereocenters. The van der Waals surface area contributed by atoms with E-state index in [0.717, 1.165) is 16.5 Å². The van der Waals surface area contributed by atoms with E-state index in [9.17, 15) is 13.6 Å². The summed E-state index contributed by atoms with van der Waals surface area (Å²) in [5, 5.41) is 8.53. The molecule has 0 radical (unpaired) electrons. The largest absolute Gasteiger partial charge is 0.415 e. The van der Waals surface area contributed by atoms with Crippen LogP contribution in [-0.4, -0.2) is 51.9 Å². The maximum Gasteiger partial charge on any atom is 0.388 e. The van der Waals surface area contributed by atoms with E-state index in [1.165, 1.54) is 12.1 Å². The number of amides is 1. The normalized spacial score (nSPS) is 22.3. The van der Waals surface area contributed by atoms with Crippen LogP contribution in [0.3, 0.4) is 0 Å². The topological polar surface area (TPSA) is 113 Å². The van der Waals surface area contributed by atoms with E-state index in [0.29, 0.717) is 35.8 Å². The summed E-state index contributed by atoms with van der Waals surface area (Å²) in [6.45, 7) is 1.76. The second-order valence-corrected chi connectivity index (χ2v) is 8.36. The molecular formula is C23H23F2N5O4. The fourth-order valence-electron chi connectivity index (χ4n) is 4.60. The number of aromatic nitrogens is 3. The van der Waals surface area contributed by atoms with E-state index in [-0.39, 0.29) is 30.5 Å². The number of carbonyl (C=O) groups excluding carboxylic acids is 1. The second kappa shape index (κ2) is 8.73. The molecule has 0 aliphatic carbocycles. The number of hydrogen-bond acceptors (Lipinski definition) is 8. The van der Waals surface area contributed by atoms with Gasteiger partial charge in [0.2, 0.25) is 5.88 Å². The minimum absolute atomic E-state index is 0.162. The average Bonchev–Trinajstić information content (AvgIpc) is 3.21. The Morgan fingerprint density at radius 3 is 2.76 bits per heavy atom. The van der Waals surface area contributed by atoms with Gasteiger partial charge in [0, 0.05) is 22.6 Å². The lowest BCUT2D eigenvalue weighted by Gasteiger charge is -2.40. The summed E-state index contributed by atoms with van der Waals surface area (Å²) >= 11 is 0. The number of morpholine rings is 1. The Balaban J connectivity index is 1.50. The van der Waals surface area contributed by atoms with Crippen molar-refractivity contribution in [2.75, 3.05) is 18.9 Å². The number of halogens is 2. The number of nitrogens with zero attached hydrogens (tertiary/aromatic N) is 4. The van der Waals surface area contributed by atoms with Crippen LogP contribution in [0.5, 0.6) is 5.88 Å². The zero-order chi connectivity index (χ0) is 24.0. The van der Waals surface area contributed by atoms with Crippen molar-refractivity contribution in [1.82, 2.24) is 20.1 Å². The molecule has 0 spiro atoms. The van der Waals surface area contributed by atoms with Gasteiger partial charge in [0.05, 0.1) is 49.2 Å². The third kappa shape index (κ3) is 3.90. The molecule has 1 saturated heterocycles. The smallest absolute Gasteiger partial charge is 0.388 e. The molecule has 4 heterocycles.